The molecule has 7 nitrogen and oxygen atoms in total. The SMILES string of the molecule is COCCn1c(C)cc([C@H]2[C@H](c3ccccn3)NC(=S)N2CCC(=O)OC)c1C. The number of aromatic nitrogens is 2. The number of ether oxygens (including phenoxy) is 2. The molecule has 0 spiro atoms. The fourth-order valence-electron chi connectivity index (χ4n) is 3.95. The van der Waals surface area contributed by atoms with E-state index in [1.54, 1.807) is 13.3 Å². The first kappa shape index (κ1) is 21.3. The Kier molecular flexibility index (Phi) is 6.87. The van der Waals surface area contributed by atoms with Crippen molar-refractivity contribution in [3.05, 3.63) is 53.1 Å². The van der Waals surface area contributed by atoms with Crippen molar-refractivity contribution in [1.82, 2.24) is 19.8 Å². The first-order valence-corrected chi connectivity index (χ1v) is 10.1. The summed E-state index contributed by atoms with van der Waals surface area (Å²) in [7, 11) is 3.11. The molecule has 0 amide bonds. The Labute approximate surface area is 177 Å². The lowest BCUT2D eigenvalue weighted by molar-refractivity contribution is -0.140. The third kappa shape index (κ3) is 4.43. The Morgan fingerprint density at radius 1 is 1.28 bits per heavy atom. The lowest BCUT2D eigenvalue weighted by atomic mass is 9.96. The van der Waals surface area contributed by atoms with E-state index in [2.05, 4.69) is 39.7 Å². The molecular formula is C21H28N4O3S. The number of nitrogens with zero attached hydrogens (tertiary/aromatic N) is 3. The Bertz CT molecular complexity index is 868. The quantitative estimate of drug-likeness (QED) is 0.524. The number of pyridine rings is 1. The van der Waals surface area contributed by atoms with Crippen LogP contribution in [-0.2, 0) is 20.8 Å². The molecule has 1 saturated heterocycles. The zero-order valence-corrected chi connectivity index (χ0v) is 18.2. The van der Waals surface area contributed by atoms with Gasteiger partial charge in [-0.05, 0) is 49.8 Å². The van der Waals surface area contributed by atoms with Crippen LogP contribution in [0.1, 0.15) is 41.1 Å². The molecule has 0 aromatic carbocycles. The van der Waals surface area contributed by atoms with E-state index >= 15 is 0 Å². The fourth-order valence-corrected chi connectivity index (χ4v) is 4.28. The van der Waals surface area contributed by atoms with Crippen molar-refractivity contribution in [3.63, 3.8) is 0 Å². The van der Waals surface area contributed by atoms with E-state index < -0.39 is 0 Å². The van der Waals surface area contributed by atoms with Crippen LogP contribution in [0.2, 0.25) is 0 Å². The van der Waals surface area contributed by atoms with Crippen LogP contribution < -0.4 is 5.32 Å². The average Bonchev–Trinajstić information content (AvgIpc) is 3.20. The second-order valence-electron chi connectivity index (χ2n) is 7.12. The van der Waals surface area contributed by atoms with Gasteiger partial charge in [0, 0.05) is 37.8 Å². The maximum atomic E-state index is 11.8. The fraction of sp³-hybridized carbons (Fsp3) is 0.476. The summed E-state index contributed by atoms with van der Waals surface area (Å²) >= 11 is 5.64. The van der Waals surface area contributed by atoms with E-state index in [1.807, 2.05) is 18.2 Å². The molecule has 2 aromatic rings. The minimum atomic E-state index is -0.251. The highest BCUT2D eigenvalue weighted by Gasteiger charge is 2.41. The van der Waals surface area contributed by atoms with Gasteiger partial charge in [-0.3, -0.25) is 9.78 Å². The molecule has 0 aliphatic carbocycles. The zero-order valence-electron chi connectivity index (χ0n) is 17.3. The van der Waals surface area contributed by atoms with Crippen molar-refractivity contribution in [2.45, 2.75) is 38.9 Å². The molecular weight excluding hydrogens is 388 g/mol. The Balaban J connectivity index is 2.00. The highest BCUT2D eigenvalue weighted by molar-refractivity contribution is 7.80. The molecule has 2 atom stereocenters. The Morgan fingerprint density at radius 3 is 2.72 bits per heavy atom. The van der Waals surface area contributed by atoms with Gasteiger partial charge in [0.1, 0.15) is 0 Å². The van der Waals surface area contributed by atoms with Gasteiger partial charge in [0.2, 0.25) is 0 Å². The number of aryl methyl sites for hydroxylation is 1. The summed E-state index contributed by atoms with van der Waals surface area (Å²) in [4.78, 5) is 18.4. The van der Waals surface area contributed by atoms with E-state index in [1.165, 1.54) is 24.1 Å². The molecule has 3 heterocycles. The van der Waals surface area contributed by atoms with Crippen molar-refractivity contribution >= 4 is 23.3 Å². The molecule has 1 N–H and O–H groups in total. The molecule has 2 aromatic heterocycles. The number of carbonyl (C=O) groups excluding carboxylic acids is 1. The van der Waals surface area contributed by atoms with Crippen molar-refractivity contribution in [2.24, 2.45) is 0 Å². The predicted molar refractivity (Wildman–Crippen MR) is 115 cm³/mol. The predicted octanol–water partition coefficient (Wildman–Crippen LogP) is 2.68. The van der Waals surface area contributed by atoms with Crippen LogP contribution in [-0.4, -0.2) is 52.9 Å². The molecule has 29 heavy (non-hydrogen) atoms. The standard InChI is InChI=1S/C21H28N4O3S/c1-14-13-16(15(2)24(14)11-12-27-3)20-19(17-7-5-6-9-22-17)23-21(29)25(20)10-8-18(26)28-4/h5-7,9,13,19-20H,8,10-12H2,1-4H3,(H,23,29)/t19-,20-/m0/s1. The van der Waals surface area contributed by atoms with Crippen molar-refractivity contribution in [1.29, 1.82) is 0 Å². The van der Waals surface area contributed by atoms with Crippen molar-refractivity contribution in [2.75, 3.05) is 27.4 Å². The largest absolute Gasteiger partial charge is 0.469 e. The third-order valence-corrected chi connectivity index (χ3v) is 5.79. The van der Waals surface area contributed by atoms with Gasteiger partial charge < -0.3 is 24.3 Å². The Morgan fingerprint density at radius 2 is 2.07 bits per heavy atom. The van der Waals surface area contributed by atoms with Gasteiger partial charge in [-0.1, -0.05) is 6.07 Å². The van der Waals surface area contributed by atoms with Crippen LogP contribution in [0.3, 0.4) is 0 Å². The van der Waals surface area contributed by atoms with Gasteiger partial charge >= 0.3 is 5.97 Å². The van der Waals surface area contributed by atoms with Crippen LogP contribution in [0.15, 0.2) is 30.5 Å². The number of esters is 1. The number of hydrogen-bond acceptors (Lipinski definition) is 5. The molecule has 0 saturated carbocycles. The van der Waals surface area contributed by atoms with Gasteiger partial charge in [0.05, 0.1) is 37.9 Å². The van der Waals surface area contributed by atoms with E-state index in [0.717, 1.165) is 12.2 Å². The summed E-state index contributed by atoms with van der Waals surface area (Å²) in [5, 5.41) is 4.04. The minimum Gasteiger partial charge on any atom is -0.469 e. The summed E-state index contributed by atoms with van der Waals surface area (Å²) < 4.78 is 12.4. The molecule has 0 radical (unpaired) electrons. The molecule has 1 fully saturated rings. The van der Waals surface area contributed by atoms with Crippen LogP contribution in [0, 0.1) is 13.8 Å². The molecule has 0 bridgehead atoms. The second-order valence-corrected chi connectivity index (χ2v) is 7.50. The number of nitrogens with one attached hydrogen (secondary N) is 1. The number of thiocarbonyl (C=S) groups is 1. The van der Waals surface area contributed by atoms with E-state index in [9.17, 15) is 4.79 Å². The summed E-state index contributed by atoms with van der Waals surface area (Å²) in [6.45, 7) is 6.13. The summed E-state index contributed by atoms with van der Waals surface area (Å²) in [5.41, 5.74) is 4.42. The van der Waals surface area contributed by atoms with Gasteiger partial charge in [0.15, 0.2) is 5.11 Å². The lowest BCUT2D eigenvalue weighted by Gasteiger charge is -2.28. The van der Waals surface area contributed by atoms with Gasteiger partial charge in [-0.25, -0.2) is 0 Å². The monoisotopic (exact) mass is 416 g/mol. The summed E-state index contributed by atoms with van der Waals surface area (Å²) in [5.74, 6) is -0.251. The minimum absolute atomic E-state index is 0.0652. The number of carbonyl (C=O) groups is 1. The third-order valence-electron chi connectivity index (χ3n) is 5.43. The first-order valence-electron chi connectivity index (χ1n) is 9.68. The maximum Gasteiger partial charge on any atom is 0.307 e. The van der Waals surface area contributed by atoms with Crippen LogP contribution >= 0.6 is 12.2 Å². The summed E-state index contributed by atoms with van der Waals surface area (Å²) in [6, 6.07) is 7.91. The van der Waals surface area contributed by atoms with E-state index in [-0.39, 0.29) is 24.5 Å². The Hall–Kier alpha value is -2.45. The molecule has 1 aliphatic heterocycles. The second kappa shape index (κ2) is 9.37. The normalized spacial score (nSPS) is 18.8. The van der Waals surface area contributed by atoms with Crippen LogP contribution in [0.25, 0.3) is 0 Å². The first-order chi connectivity index (χ1) is 14.0. The lowest BCUT2D eigenvalue weighted by Crippen LogP contribution is -2.32. The van der Waals surface area contributed by atoms with Crippen LogP contribution in [0.5, 0.6) is 0 Å². The highest BCUT2D eigenvalue weighted by atomic mass is 32.1. The summed E-state index contributed by atoms with van der Waals surface area (Å²) in [6.07, 6.45) is 2.06. The molecule has 1 aliphatic rings. The zero-order chi connectivity index (χ0) is 21.0. The number of hydrogen-bond donors (Lipinski definition) is 1. The maximum absolute atomic E-state index is 11.8. The molecule has 8 heteroatoms. The average molecular weight is 417 g/mol. The molecule has 156 valence electrons. The highest BCUT2D eigenvalue weighted by Crippen LogP contribution is 2.40. The van der Waals surface area contributed by atoms with E-state index in [0.29, 0.717) is 18.3 Å². The van der Waals surface area contributed by atoms with Crippen molar-refractivity contribution in [3.8, 4) is 0 Å². The molecule has 3 rings (SSSR count). The van der Waals surface area contributed by atoms with E-state index in [4.69, 9.17) is 21.7 Å². The van der Waals surface area contributed by atoms with Gasteiger partial charge in [0.25, 0.3) is 0 Å². The molecule has 0 unspecified atom stereocenters. The smallest absolute Gasteiger partial charge is 0.307 e. The van der Waals surface area contributed by atoms with Gasteiger partial charge in [-0.2, -0.15) is 0 Å². The van der Waals surface area contributed by atoms with Crippen LogP contribution in [0.4, 0.5) is 0 Å². The van der Waals surface area contributed by atoms with Crippen molar-refractivity contribution < 1.29 is 14.3 Å². The number of methoxy groups -OCH3 is 2. The van der Waals surface area contributed by atoms with Gasteiger partial charge in [-0.15, -0.1) is 0 Å². The topological polar surface area (TPSA) is 68.6 Å². The number of rotatable bonds is 8.